The number of carbonyl (C=O) groups is 2. The fourth-order valence-electron chi connectivity index (χ4n) is 1.65. The fourth-order valence-corrected chi connectivity index (χ4v) is 1.65. The lowest BCUT2D eigenvalue weighted by molar-refractivity contribution is -0.122. The monoisotopic (exact) mass is 269 g/mol. The van der Waals surface area contributed by atoms with Crippen LogP contribution in [-0.4, -0.2) is 18.3 Å². The lowest BCUT2D eigenvalue weighted by atomic mass is 10.2. The predicted octanol–water partition coefficient (Wildman–Crippen LogP) is 2.91. The topological polar surface area (TPSA) is 55.4 Å². The number of aldehydes is 1. The number of nitrogens with one attached hydrogen (secondary N) is 1. The zero-order chi connectivity index (χ0) is 14.4. The first-order valence-corrected chi connectivity index (χ1v) is 6.27. The Labute approximate surface area is 117 Å². The summed E-state index contributed by atoms with van der Waals surface area (Å²) in [5, 5.41) is 2.76. The molecule has 1 N–H and O–H groups in total. The molecular formula is C16H15NO3. The standard InChI is InChI=1S/C16H15NO3/c1-12(16(19)17-14-5-3-2-4-6-14)20-15-9-7-13(11-18)8-10-15/h2-12H,1H3,(H,17,19). The van der Waals surface area contributed by atoms with Crippen molar-refractivity contribution in [2.45, 2.75) is 13.0 Å². The SMILES string of the molecule is CC(Oc1ccc(C=O)cc1)C(=O)Nc1ccccc1. The van der Waals surface area contributed by atoms with Crippen LogP contribution in [0.1, 0.15) is 17.3 Å². The Morgan fingerprint density at radius 1 is 1.10 bits per heavy atom. The Morgan fingerprint density at radius 3 is 2.35 bits per heavy atom. The van der Waals surface area contributed by atoms with E-state index in [4.69, 9.17) is 4.74 Å². The van der Waals surface area contributed by atoms with Gasteiger partial charge >= 0.3 is 0 Å². The molecular weight excluding hydrogens is 254 g/mol. The van der Waals surface area contributed by atoms with Gasteiger partial charge in [-0.25, -0.2) is 0 Å². The Hall–Kier alpha value is -2.62. The van der Waals surface area contributed by atoms with E-state index in [-0.39, 0.29) is 5.91 Å². The Balaban J connectivity index is 1.95. The van der Waals surface area contributed by atoms with Crippen molar-refractivity contribution >= 4 is 17.9 Å². The second kappa shape index (κ2) is 6.52. The molecule has 0 fully saturated rings. The number of benzene rings is 2. The van der Waals surface area contributed by atoms with Gasteiger partial charge in [-0.2, -0.15) is 0 Å². The highest BCUT2D eigenvalue weighted by Crippen LogP contribution is 2.14. The average Bonchev–Trinajstić information content (AvgIpc) is 2.49. The fraction of sp³-hybridized carbons (Fsp3) is 0.125. The molecule has 0 radical (unpaired) electrons. The normalized spacial score (nSPS) is 11.4. The van der Waals surface area contributed by atoms with Gasteiger partial charge in [0, 0.05) is 11.3 Å². The molecule has 0 heterocycles. The number of ether oxygens (including phenoxy) is 1. The van der Waals surface area contributed by atoms with Crippen molar-refractivity contribution in [3.63, 3.8) is 0 Å². The van der Waals surface area contributed by atoms with E-state index in [0.717, 1.165) is 12.0 Å². The molecule has 0 aromatic heterocycles. The van der Waals surface area contributed by atoms with Crippen molar-refractivity contribution in [3.05, 3.63) is 60.2 Å². The van der Waals surface area contributed by atoms with E-state index < -0.39 is 6.10 Å². The van der Waals surface area contributed by atoms with Gasteiger partial charge in [0.2, 0.25) is 0 Å². The molecule has 2 aromatic rings. The van der Waals surface area contributed by atoms with E-state index in [2.05, 4.69) is 5.32 Å². The molecule has 0 bridgehead atoms. The summed E-state index contributed by atoms with van der Waals surface area (Å²) in [6.45, 7) is 1.67. The maximum Gasteiger partial charge on any atom is 0.265 e. The molecule has 4 nitrogen and oxygen atoms in total. The van der Waals surface area contributed by atoms with Crippen LogP contribution in [0.4, 0.5) is 5.69 Å². The predicted molar refractivity (Wildman–Crippen MR) is 77.0 cm³/mol. The van der Waals surface area contributed by atoms with E-state index in [1.807, 2.05) is 30.3 Å². The van der Waals surface area contributed by atoms with Gasteiger partial charge in [0.05, 0.1) is 0 Å². The van der Waals surface area contributed by atoms with Crippen molar-refractivity contribution in [1.29, 1.82) is 0 Å². The van der Waals surface area contributed by atoms with Crippen LogP contribution in [0.2, 0.25) is 0 Å². The van der Waals surface area contributed by atoms with E-state index in [1.54, 1.807) is 31.2 Å². The molecule has 0 saturated carbocycles. The first-order chi connectivity index (χ1) is 9.69. The molecule has 1 unspecified atom stereocenters. The van der Waals surface area contributed by atoms with Crippen LogP contribution in [0.25, 0.3) is 0 Å². The van der Waals surface area contributed by atoms with Gasteiger partial charge in [-0.3, -0.25) is 9.59 Å². The quantitative estimate of drug-likeness (QED) is 0.849. The van der Waals surface area contributed by atoms with Gasteiger partial charge in [0.25, 0.3) is 5.91 Å². The third-order valence-corrected chi connectivity index (χ3v) is 2.74. The highest BCUT2D eigenvalue weighted by molar-refractivity contribution is 5.94. The van der Waals surface area contributed by atoms with Crippen molar-refractivity contribution in [2.75, 3.05) is 5.32 Å². The zero-order valence-electron chi connectivity index (χ0n) is 11.1. The molecule has 20 heavy (non-hydrogen) atoms. The van der Waals surface area contributed by atoms with E-state index in [0.29, 0.717) is 11.3 Å². The highest BCUT2D eigenvalue weighted by atomic mass is 16.5. The summed E-state index contributed by atoms with van der Waals surface area (Å²) >= 11 is 0. The summed E-state index contributed by atoms with van der Waals surface area (Å²) in [6, 6.07) is 15.8. The number of rotatable bonds is 5. The van der Waals surface area contributed by atoms with Crippen LogP contribution in [0, 0.1) is 0 Å². The van der Waals surface area contributed by atoms with Crippen LogP contribution in [0.3, 0.4) is 0 Å². The molecule has 0 spiro atoms. The van der Waals surface area contributed by atoms with Gasteiger partial charge in [-0.05, 0) is 43.3 Å². The second-order valence-corrected chi connectivity index (χ2v) is 4.30. The number of hydrogen-bond acceptors (Lipinski definition) is 3. The van der Waals surface area contributed by atoms with Crippen molar-refractivity contribution in [3.8, 4) is 5.75 Å². The molecule has 2 rings (SSSR count). The lowest BCUT2D eigenvalue weighted by Crippen LogP contribution is -2.30. The van der Waals surface area contributed by atoms with Crippen LogP contribution in [0.15, 0.2) is 54.6 Å². The van der Waals surface area contributed by atoms with Crippen molar-refractivity contribution in [2.24, 2.45) is 0 Å². The van der Waals surface area contributed by atoms with E-state index >= 15 is 0 Å². The van der Waals surface area contributed by atoms with Crippen LogP contribution in [-0.2, 0) is 4.79 Å². The molecule has 4 heteroatoms. The molecule has 2 aromatic carbocycles. The molecule has 0 aliphatic heterocycles. The maximum atomic E-state index is 11.9. The third-order valence-electron chi connectivity index (χ3n) is 2.74. The van der Waals surface area contributed by atoms with Gasteiger partial charge in [-0.15, -0.1) is 0 Å². The van der Waals surface area contributed by atoms with E-state index in [9.17, 15) is 9.59 Å². The molecule has 0 aliphatic carbocycles. The first kappa shape index (κ1) is 13.8. The summed E-state index contributed by atoms with van der Waals surface area (Å²) in [4.78, 5) is 22.5. The van der Waals surface area contributed by atoms with Gasteiger partial charge < -0.3 is 10.1 Å². The number of amides is 1. The maximum absolute atomic E-state index is 11.9. The molecule has 0 saturated heterocycles. The highest BCUT2D eigenvalue weighted by Gasteiger charge is 2.14. The summed E-state index contributed by atoms with van der Waals surface area (Å²) in [5.74, 6) is 0.321. The minimum Gasteiger partial charge on any atom is -0.481 e. The average molecular weight is 269 g/mol. The summed E-state index contributed by atoms with van der Waals surface area (Å²) in [6.07, 6.45) is 0.132. The lowest BCUT2D eigenvalue weighted by Gasteiger charge is -2.14. The Kier molecular flexibility index (Phi) is 4.50. The number of hydrogen-bond donors (Lipinski definition) is 1. The second-order valence-electron chi connectivity index (χ2n) is 4.30. The Bertz CT molecular complexity index is 578. The van der Waals surface area contributed by atoms with Crippen molar-refractivity contribution in [1.82, 2.24) is 0 Å². The Morgan fingerprint density at radius 2 is 1.75 bits per heavy atom. The van der Waals surface area contributed by atoms with Crippen LogP contribution in [0.5, 0.6) is 5.75 Å². The minimum atomic E-state index is -0.628. The minimum absolute atomic E-state index is 0.226. The van der Waals surface area contributed by atoms with Gasteiger partial charge in [0.15, 0.2) is 6.10 Å². The number of anilines is 1. The molecule has 102 valence electrons. The van der Waals surface area contributed by atoms with Crippen LogP contribution >= 0.6 is 0 Å². The molecule has 0 aliphatic rings. The summed E-state index contributed by atoms with van der Waals surface area (Å²) in [7, 11) is 0. The summed E-state index contributed by atoms with van der Waals surface area (Å²) in [5.41, 5.74) is 1.29. The van der Waals surface area contributed by atoms with Crippen LogP contribution < -0.4 is 10.1 Å². The third kappa shape index (κ3) is 3.68. The van der Waals surface area contributed by atoms with Gasteiger partial charge in [-0.1, -0.05) is 18.2 Å². The summed E-state index contributed by atoms with van der Waals surface area (Å²) < 4.78 is 5.52. The number of para-hydroxylation sites is 1. The largest absolute Gasteiger partial charge is 0.481 e. The first-order valence-electron chi connectivity index (χ1n) is 6.27. The van der Waals surface area contributed by atoms with Crippen molar-refractivity contribution < 1.29 is 14.3 Å². The van der Waals surface area contributed by atoms with Gasteiger partial charge in [0.1, 0.15) is 12.0 Å². The smallest absolute Gasteiger partial charge is 0.265 e. The van der Waals surface area contributed by atoms with E-state index in [1.165, 1.54) is 0 Å². The zero-order valence-corrected chi connectivity index (χ0v) is 11.1. The molecule has 1 atom stereocenters. The number of carbonyl (C=O) groups excluding carboxylic acids is 2. The molecule has 1 amide bonds.